The zero-order valence-corrected chi connectivity index (χ0v) is 5.56. The molecule has 1 amide bonds. The van der Waals surface area contributed by atoms with E-state index < -0.39 is 4.83 Å². The third-order valence-electron chi connectivity index (χ3n) is 0.950. The smallest absolute Gasteiger partial charge is 0.241 e. The Morgan fingerprint density at radius 1 is 1.62 bits per heavy atom. The zero-order valence-electron chi connectivity index (χ0n) is 3.98. The molecule has 1 atom stereocenters. The summed E-state index contributed by atoms with van der Waals surface area (Å²) < 4.78 is 0. The Morgan fingerprint density at radius 2 is 2.25 bits per heavy atom. The molecule has 4 heteroatoms. The summed E-state index contributed by atoms with van der Waals surface area (Å²) in [5.74, 6) is -0.315. The van der Waals surface area contributed by atoms with E-state index in [0.29, 0.717) is 0 Å². The van der Waals surface area contributed by atoms with Crippen molar-refractivity contribution >= 4 is 27.6 Å². The lowest BCUT2D eigenvalue weighted by Crippen LogP contribution is -2.18. The fraction of sp³-hybridized carbons (Fsp3) is 0.500. The molecular formula is C4H4BrNO2. The molecule has 8 heavy (non-hydrogen) atoms. The van der Waals surface area contributed by atoms with Gasteiger partial charge in [0.1, 0.15) is 0 Å². The SMILES string of the molecule is O=C1CNC(=O)C1Br. The lowest BCUT2D eigenvalue weighted by atomic mass is 10.3. The molecule has 1 aliphatic heterocycles. The van der Waals surface area contributed by atoms with E-state index in [1.165, 1.54) is 0 Å². The highest BCUT2D eigenvalue weighted by atomic mass is 79.9. The van der Waals surface area contributed by atoms with E-state index in [1.807, 2.05) is 0 Å². The second-order valence-electron chi connectivity index (χ2n) is 1.55. The van der Waals surface area contributed by atoms with E-state index in [9.17, 15) is 9.59 Å². The normalized spacial score (nSPS) is 28.4. The zero-order chi connectivity index (χ0) is 6.15. The summed E-state index contributed by atoms with van der Waals surface area (Å²) in [6, 6.07) is 0. The summed E-state index contributed by atoms with van der Waals surface area (Å²) >= 11 is 2.91. The van der Waals surface area contributed by atoms with Crippen LogP contribution in [-0.2, 0) is 9.59 Å². The van der Waals surface area contributed by atoms with Crippen LogP contribution in [0.2, 0.25) is 0 Å². The molecule has 0 aromatic heterocycles. The monoisotopic (exact) mass is 177 g/mol. The average Bonchev–Trinajstić information content (AvgIpc) is 1.98. The van der Waals surface area contributed by atoms with Gasteiger partial charge in [0.15, 0.2) is 10.6 Å². The highest BCUT2D eigenvalue weighted by molar-refractivity contribution is 9.10. The number of halogens is 1. The van der Waals surface area contributed by atoms with Crippen molar-refractivity contribution in [2.24, 2.45) is 0 Å². The molecule has 1 rings (SSSR count). The van der Waals surface area contributed by atoms with Crippen molar-refractivity contribution in [3.05, 3.63) is 0 Å². The molecule has 1 heterocycles. The largest absolute Gasteiger partial charge is 0.348 e. The maximum Gasteiger partial charge on any atom is 0.241 e. The van der Waals surface area contributed by atoms with Crippen LogP contribution in [0.4, 0.5) is 0 Å². The van der Waals surface area contributed by atoms with Gasteiger partial charge in [-0.05, 0) is 0 Å². The summed E-state index contributed by atoms with van der Waals surface area (Å²) in [5.41, 5.74) is 0. The van der Waals surface area contributed by atoms with Crippen molar-refractivity contribution < 1.29 is 9.59 Å². The van der Waals surface area contributed by atoms with Gasteiger partial charge in [0.2, 0.25) is 5.91 Å². The molecule has 1 aliphatic rings. The fourth-order valence-corrected chi connectivity index (χ4v) is 0.823. The van der Waals surface area contributed by atoms with Crippen LogP contribution in [0.5, 0.6) is 0 Å². The summed E-state index contributed by atoms with van der Waals surface area (Å²) in [4.78, 5) is 20.3. The number of rotatable bonds is 0. The minimum atomic E-state index is -0.595. The molecule has 44 valence electrons. The second kappa shape index (κ2) is 1.85. The molecule has 0 saturated carbocycles. The Kier molecular flexibility index (Phi) is 1.33. The van der Waals surface area contributed by atoms with Crippen LogP contribution in [0.3, 0.4) is 0 Å². The van der Waals surface area contributed by atoms with Crippen LogP contribution >= 0.6 is 15.9 Å². The first-order valence-corrected chi connectivity index (χ1v) is 3.08. The van der Waals surface area contributed by atoms with E-state index in [1.54, 1.807) is 0 Å². The molecule has 0 aromatic carbocycles. The molecule has 3 nitrogen and oxygen atoms in total. The van der Waals surface area contributed by atoms with Crippen LogP contribution in [0.25, 0.3) is 0 Å². The number of Topliss-reactive ketones (excluding diaryl/α,β-unsaturated/α-hetero) is 1. The maximum absolute atomic E-state index is 10.5. The molecule has 1 fully saturated rings. The minimum Gasteiger partial charge on any atom is -0.348 e. The van der Waals surface area contributed by atoms with Crippen LogP contribution in [-0.4, -0.2) is 23.1 Å². The Morgan fingerprint density at radius 3 is 2.38 bits per heavy atom. The Bertz CT molecular complexity index is 129. The van der Waals surface area contributed by atoms with E-state index in [2.05, 4.69) is 21.2 Å². The van der Waals surface area contributed by atoms with Gasteiger partial charge in [-0.1, -0.05) is 15.9 Å². The summed E-state index contributed by atoms with van der Waals surface area (Å²) in [5, 5.41) is 2.38. The molecule has 0 spiro atoms. The van der Waals surface area contributed by atoms with Gasteiger partial charge in [-0.2, -0.15) is 0 Å². The first-order valence-electron chi connectivity index (χ1n) is 2.16. The fourth-order valence-electron chi connectivity index (χ4n) is 0.500. The number of nitrogens with one attached hydrogen (secondary N) is 1. The maximum atomic E-state index is 10.5. The van der Waals surface area contributed by atoms with Gasteiger partial charge >= 0.3 is 0 Å². The van der Waals surface area contributed by atoms with E-state index in [-0.39, 0.29) is 18.2 Å². The predicted octanol–water partition coefficient (Wildman–Crippen LogP) is -0.551. The van der Waals surface area contributed by atoms with Crippen LogP contribution in [0, 0.1) is 0 Å². The number of ketones is 1. The summed E-state index contributed by atoms with van der Waals surface area (Å²) in [7, 11) is 0. The highest BCUT2D eigenvalue weighted by Crippen LogP contribution is 2.05. The van der Waals surface area contributed by atoms with Crippen molar-refractivity contribution in [2.45, 2.75) is 4.83 Å². The third-order valence-corrected chi connectivity index (χ3v) is 1.88. The third kappa shape index (κ3) is 0.753. The molecule has 0 aromatic rings. The van der Waals surface area contributed by atoms with Crippen molar-refractivity contribution in [3.8, 4) is 0 Å². The molecule has 0 bridgehead atoms. The van der Waals surface area contributed by atoms with Gasteiger partial charge in [-0.25, -0.2) is 0 Å². The van der Waals surface area contributed by atoms with Gasteiger partial charge in [0.25, 0.3) is 0 Å². The van der Waals surface area contributed by atoms with Crippen molar-refractivity contribution in [1.82, 2.24) is 5.32 Å². The number of hydrogen-bond donors (Lipinski definition) is 1. The minimum absolute atomic E-state index is 0.0880. The van der Waals surface area contributed by atoms with Gasteiger partial charge < -0.3 is 5.32 Å². The van der Waals surface area contributed by atoms with Crippen LogP contribution < -0.4 is 5.32 Å². The molecule has 1 N–H and O–H groups in total. The molecule has 1 unspecified atom stereocenters. The first kappa shape index (κ1) is 5.75. The van der Waals surface area contributed by atoms with E-state index >= 15 is 0 Å². The lowest BCUT2D eigenvalue weighted by Gasteiger charge is -1.86. The first-order chi connectivity index (χ1) is 3.72. The van der Waals surface area contributed by atoms with Gasteiger partial charge in [0.05, 0.1) is 6.54 Å². The number of carbonyl (C=O) groups is 2. The van der Waals surface area contributed by atoms with Crippen molar-refractivity contribution in [2.75, 3.05) is 6.54 Å². The van der Waals surface area contributed by atoms with Gasteiger partial charge in [-0.15, -0.1) is 0 Å². The lowest BCUT2D eigenvalue weighted by molar-refractivity contribution is -0.121. The summed E-state index contributed by atoms with van der Waals surface area (Å²) in [6.07, 6.45) is 0. The Balaban J connectivity index is 2.70. The van der Waals surface area contributed by atoms with Crippen molar-refractivity contribution in [1.29, 1.82) is 0 Å². The molecule has 1 saturated heterocycles. The summed E-state index contributed by atoms with van der Waals surface area (Å²) in [6.45, 7) is 0.175. The van der Waals surface area contributed by atoms with Crippen LogP contribution in [0.15, 0.2) is 0 Å². The standard InChI is InChI=1S/C4H4BrNO2/c5-3-2(7)1-6-4(3)8/h3H,1H2,(H,6,8). The second-order valence-corrected chi connectivity index (χ2v) is 2.46. The van der Waals surface area contributed by atoms with E-state index in [0.717, 1.165) is 0 Å². The topological polar surface area (TPSA) is 46.2 Å². The molecule has 0 radical (unpaired) electrons. The number of carbonyl (C=O) groups excluding carboxylic acids is 2. The predicted molar refractivity (Wildman–Crippen MR) is 30.7 cm³/mol. The highest BCUT2D eigenvalue weighted by Gasteiger charge is 2.29. The quantitative estimate of drug-likeness (QED) is 0.399. The van der Waals surface area contributed by atoms with Gasteiger partial charge in [-0.3, -0.25) is 9.59 Å². The number of hydrogen-bond acceptors (Lipinski definition) is 2. The molecular weight excluding hydrogens is 174 g/mol. The number of alkyl halides is 1. The van der Waals surface area contributed by atoms with Gasteiger partial charge in [0, 0.05) is 0 Å². The molecule has 0 aliphatic carbocycles. The average molecular weight is 178 g/mol. The number of amides is 1. The van der Waals surface area contributed by atoms with Crippen molar-refractivity contribution in [3.63, 3.8) is 0 Å². The Hall–Kier alpha value is -0.380. The van der Waals surface area contributed by atoms with Crippen LogP contribution in [0.1, 0.15) is 0 Å². The Labute approximate surface area is 54.6 Å². The van der Waals surface area contributed by atoms with E-state index in [4.69, 9.17) is 0 Å².